The standard InChI is InChI=1S/C15H23N3O/c1-10-5-4-6-13(16)14(10)15(19)17-12-7-8-18(3)11(2)9-12/h4-6,11-12H,7-9,16H2,1-3H3,(H,17,19). The van der Waals surface area contributed by atoms with Gasteiger partial charge in [-0.2, -0.15) is 0 Å². The Morgan fingerprint density at radius 1 is 1.47 bits per heavy atom. The summed E-state index contributed by atoms with van der Waals surface area (Å²) in [6, 6.07) is 6.33. The van der Waals surface area contributed by atoms with Gasteiger partial charge < -0.3 is 16.0 Å². The number of piperidine rings is 1. The molecular formula is C15H23N3O. The Kier molecular flexibility index (Phi) is 4.10. The zero-order valence-electron chi connectivity index (χ0n) is 11.9. The average molecular weight is 261 g/mol. The zero-order chi connectivity index (χ0) is 14.0. The van der Waals surface area contributed by atoms with Crippen LogP contribution >= 0.6 is 0 Å². The van der Waals surface area contributed by atoms with Gasteiger partial charge in [0.1, 0.15) is 0 Å². The Labute approximate surface area is 115 Å². The van der Waals surface area contributed by atoms with Gasteiger partial charge in [-0.05, 0) is 45.4 Å². The first-order valence-electron chi connectivity index (χ1n) is 6.85. The predicted molar refractivity (Wildman–Crippen MR) is 78.2 cm³/mol. The fourth-order valence-electron chi connectivity index (χ4n) is 2.68. The topological polar surface area (TPSA) is 58.4 Å². The molecule has 0 saturated carbocycles. The van der Waals surface area contributed by atoms with Crippen molar-refractivity contribution < 1.29 is 4.79 Å². The number of amides is 1. The van der Waals surface area contributed by atoms with E-state index in [0.717, 1.165) is 24.9 Å². The van der Waals surface area contributed by atoms with Crippen LogP contribution in [0.15, 0.2) is 18.2 Å². The van der Waals surface area contributed by atoms with Crippen molar-refractivity contribution in [3.63, 3.8) is 0 Å². The molecule has 1 aliphatic heterocycles. The summed E-state index contributed by atoms with van der Waals surface area (Å²) >= 11 is 0. The van der Waals surface area contributed by atoms with E-state index in [0.29, 0.717) is 17.3 Å². The van der Waals surface area contributed by atoms with Gasteiger partial charge in [0.15, 0.2) is 0 Å². The van der Waals surface area contributed by atoms with Crippen molar-refractivity contribution in [3.05, 3.63) is 29.3 Å². The number of nitrogens with two attached hydrogens (primary N) is 1. The van der Waals surface area contributed by atoms with Crippen molar-refractivity contribution in [1.82, 2.24) is 10.2 Å². The molecule has 0 radical (unpaired) electrons. The van der Waals surface area contributed by atoms with Crippen LogP contribution in [-0.2, 0) is 0 Å². The van der Waals surface area contributed by atoms with Crippen molar-refractivity contribution in [3.8, 4) is 0 Å². The molecule has 4 nitrogen and oxygen atoms in total. The molecule has 4 heteroatoms. The highest BCUT2D eigenvalue weighted by atomic mass is 16.1. The maximum Gasteiger partial charge on any atom is 0.253 e. The highest BCUT2D eigenvalue weighted by molar-refractivity contribution is 6.00. The molecule has 0 aromatic heterocycles. The number of carbonyl (C=O) groups excluding carboxylic acids is 1. The van der Waals surface area contributed by atoms with Gasteiger partial charge in [-0.3, -0.25) is 4.79 Å². The quantitative estimate of drug-likeness (QED) is 0.798. The summed E-state index contributed by atoms with van der Waals surface area (Å²) in [4.78, 5) is 14.7. The fraction of sp³-hybridized carbons (Fsp3) is 0.533. The molecule has 1 aromatic rings. The second-order valence-electron chi connectivity index (χ2n) is 5.56. The molecule has 0 aliphatic carbocycles. The van der Waals surface area contributed by atoms with Crippen molar-refractivity contribution >= 4 is 11.6 Å². The molecule has 1 fully saturated rings. The fourth-order valence-corrected chi connectivity index (χ4v) is 2.68. The van der Waals surface area contributed by atoms with Gasteiger partial charge in [-0.25, -0.2) is 0 Å². The second-order valence-corrected chi connectivity index (χ2v) is 5.56. The highest BCUT2D eigenvalue weighted by Gasteiger charge is 2.25. The van der Waals surface area contributed by atoms with Crippen LogP contribution in [0.25, 0.3) is 0 Å². The van der Waals surface area contributed by atoms with E-state index >= 15 is 0 Å². The number of rotatable bonds is 2. The average Bonchev–Trinajstić information content (AvgIpc) is 2.33. The van der Waals surface area contributed by atoms with Crippen LogP contribution in [0, 0.1) is 6.92 Å². The van der Waals surface area contributed by atoms with Crippen LogP contribution in [0.3, 0.4) is 0 Å². The van der Waals surface area contributed by atoms with Crippen molar-refractivity contribution in [2.45, 2.75) is 38.8 Å². The van der Waals surface area contributed by atoms with E-state index in [4.69, 9.17) is 5.73 Å². The minimum Gasteiger partial charge on any atom is -0.398 e. The number of benzene rings is 1. The minimum atomic E-state index is -0.0441. The number of hydrogen-bond donors (Lipinski definition) is 2. The van der Waals surface area contributed by atoms with Gasteiger partial charge in [0, 0.05) is 24.3 Å². The first-order chi connectivity index (χ1) is 8.99. The van der Waals surface area contributed by atoms with E-state index in [-0.39, 0.29) is 11.9 Å². The largest absolute Gasteiger partial charge is 0.398 e. The lowest BCUT2D eigenvalue weighted by Gasteiger charge is -2.35. The van der Waals surface area contributed by atoms with E-state index in [1.807, 2.05) is 19.1 Å². The number of hydrogen-bond acceptors (Lipinski definition) is 3. The Morgan fingerprint density at radius 3 is 2.84 bits per heavy atom. The smallest absolute Gasteiger partial charge is 0.253 e. The molecule has 0 spiro atoms. The van der Waals surface area contributed by atoms with Crippen molar-refractivity contribution in [2.24, 2.45) is 0 Å². The number of nitrogens with zero attached hydrogens (tertiary/aromatic N) is 1. The summed E-state index contributed by atoms with van der Waals surface area (Å²) in [5, 5.41) is 3.12. The van der Waals surface area contributed by atoms with Crippen LogP contribution in [-0.4, -0.2) is 36.5 Å². The Hall–Kier alpha value is -1.55. The molecule has 2 rings (SSSR count). The van der Waals surface area contributed by atoms with E-state index in [1.165, 1.54) is 0 Å². The van der Waals surface area contributed by atoms with E-state index in [9.17, 15) is 4.79 Å². The highest BCUT2D eigenvalue weighted by Crippen LogP contribution is 2.19. The summed E-state index contributed by atoms with van der Waals surface area (Å²) in [6.45, 7) is 5.14. The summed E-state index contributed by atoms with van der Waals surface area (Å²) in [5.74, 6) is -0.0441. The molecule has 3 N–H and O–H groups in total. The van der Waals surface area contributed by atoms with Crippen molar-refractivity contribution in [1.29, 1.82) is 0 Å². The normalized spacial score (nSPS) is 24.2. The van der Waals surface area contributed by atoms with Gasteiger partial charge in [0.05, 0.1) is 5.56 Å². The molecule has 1 aliphatic rings. The second kappa shape index (κ2) is 5.61. The summed E-state index contributed by atoms with van der Waals surface area (Å²) in [6.07, 6.45) is 1.99. The summed E-state index contributed by atoms with van der Waals surface area (Å²) < 4.78 is 0. The lowest BCUT2D eigenvalue weighted by Crippen LogP contribution is -2.47. The van der Waals surface area contributed by atoms with Gasteiger partial charge in [-0.1, -0.05) is 12.1 Å². The van der Waals surface area contributed by atoms with E-state index < -0.39 is 0 Å². The SMILES string of the molecule is Cc1cccc(N)c1C(=O)NC1CCN(C)C(C)C1. The van der Waals surface area contributed by atoms with Crippen LogP contribution < -0.4 is 11.1 Å². The molecule has 104 valence electrons. The minimum absolute atomic E-state index is 0.0441. The Balaban J connectivity index is 2.06. The number of anilines is 1. The van der Waals surface area contributed by atoms with Crippen molar-refractivity contribution in [2.75, 3.05) is 19.3 Å². The molecule has 1 saturated heterocycles. The summed E-state index contributed by atoms with van der Waals surface area (Å²) in [7, 11) is 2.13. The maximum absolute atomic E-state index is 12.3. The van der Waals surface area contributed by atoms with Gasteiger partial charge >= 0.3 is 0 Å². The third-order valence-electron chi connectivity index (χ3n) is 4.08. The Morgan fingerprint density at radius 2 is 2.21 bits per heavy atom. The molecule has 19 heavy (non-hydrogen) atoms. The lowest BCUT2D eigenvalue weighted by molar-refractivity contribution is 0.0897. The van der Waals surface area contributed by atoms with Crippen LogP contribution in [0.2, 0.25) is 0 Å². The molecule has 2 unspecified atom stereocenters. The van der Waals surface area contributed by atoms with Crippen LogP contribution in [0.4, 0.5) is 5.69 Å². The Bertz CT molecular complexity index is 452. The first kappa shape index (κ1) is 13.9. The summed E-state index contributed by atoms with van der Waals surface area (Å²) in [5.41, 5.74) is 8.01. The number of likely N-dealkylation sites (tertiary alicyclic amines) is 1. The third kappa shape index (κ3) is 3.07. The predicted octanol–water partition coefficient (Wildman–Crippen LogP) is 1.79. The number of carbonyl (C=O) groups is 1. The molecular weight excluding hydrogens is 238 g/mol. The van der Waals surface area contributed by atoms with Gasteiger partial charge in [0.25, 0.3) is 5.91 Å². The lowest BCUT2D eigenvalue weighted by atomic mass is 9.98. The van der Waals surface area contributed by atoms with E-state index in [2.05, 4.69) is 24.2 Å². The first-order valence-corrected chi connectivity index (χ1v) is 6.85. The molecule has 1 amide bonds. The number of nitrogens with one attached hydrogen (secondary N) is 1. The third-order valence-corrected chi connectivity index (χ3v) is 4.08. The molecule has 1 aromatic carbocycles. The molecule has 0 bridgehead atoms. The number of aryl methyl sites for hydroxylation is 1. The maximum atomic E-state index is 12.3. The molecule has 2 atom stereocenters. The van der Waals surface area contributed by atoms with Gasteiger partial charge in [-0.15, -0.1) is 0 Å². The van der Waals surface area contributed by atoms with Crippen LogP contribution in [0.1, 0.15) is 35.7 Å². The zero-order valence-corrected chi connectivity index (χ0v) is 11.9. The van der Waals surface area contributed by atoms with Crippen LogP contribution in [0.5, 0.6) is 0 Å². The number of nitrogen functional groups attached to an aromatic ring is 1. The molecule has 1 heterocycles. The van der Waals surface area contributed by atoms with Gasteiger partial charge in [0.2, 0.25) is 0 Å². The monoisotopic (exact) mass is 261 g/mol. The van der Waals surface area contributed by atoms with E-state index in [1.54, 1.807) is 6.07 Å².